The van der Waals surface area contributed by atoms with Crippen molar-refractivity contribution in [1.29, 1.82) is 0 Å². The number of rotatable bonds is 12. The summed E-state index contributed by atoms with van der Waals surface area (Å²) in [4.78, 5) is 4.94. The van der Waals surface area contributed by atoms with Crippen LogP contribution < -0.4 is 10.6 Å². The topological polar surface area (TPSA) is 89.0 Å². The van der Waals surface area contributed by atoms with E-state index in [1.165, 1.54) is 6.26 Å². The Kier molecular flexibility index (Phi) is 14.5. The van der Waals surface area contributed by atoms with Gasteiger partial charge in [0.1, 0.15) is 0 Å². The molecule has 0 aliphatic rings. The quantitative estimate of drug-likeness (QED) is 0.188. The van der Waals surface area contributed by atoms with Crippen LogP contribution in [0.1, 0.15) is 30.9 Å². The summed E-state index contributed by atoms with van der Waals surface area (Å²) in [5.41, 5.74) is 1.72. The van der Waals surface area contributed by atoms with Crippen molar-refractivity contribution in [2.75, 3.05) is 46.3 Å². The van der Waals surface area contributed by atoms with Gasteiger partial charge < -0.3 is 20.1 Å². The molecule has 0 unspecified atom stereocenters. The lowest BCUT2D eigenvalue weighted by Gasteiger charge is -2.12. The monoisotopic (exact) mass is 527 g/mol. The molecule has 0 radical (unpaired) electrons. The molecular weight excluding hydrogens is 493 g/mol. The largest absolute Gasteiger partial charge is 0.382 e. The molecule has 0 aliphatic carbocycles. The lowest BCUT2D eigenvalue weighted by atomic mass is 10.1. The van der Waals surface area contributed by atoms with Crippen LogP contribution in [0.25, 0.3) is 0 Å². The molecule has 0 bridgehead atoms. The predicted octanol–water partition coefficient (Wildman–Crippen LogP) is 2.51. The minimum absolute atomic E-state index is 0. The fourth-order valence-corrected chi connectivity index (χ4v) is 3.48. The van der Waals surface area contributed by atoms with Gasteiger partial charge in [0.05, 0.1) is 24.7 Å². The lowest BCUT2D eigenvalue weighted by molar-refractivity contribution is 0.0689. The van der Waals surface area contributed by atoms with Crippen LogP contribution in [0.3, 0.4) is 0 Å². The molecule has 28 heavy (non-hydrogen) atoms. The molecule has 0 saturated heterocycles. The second kappa shape index (κ2) is 15.0. The molecule has 162 valence electrons. The van der Waals surface area contributed by atoms with E-state index in [4.69, 9.17) is 9.47 Å². The number of nitrogens with one attached hydrogen (secondary N) is 2. The zero-order chi connectivity index (χ0) is 20.1. The summed E-state index contributed by atoms with van der Waals surface area (Å²) in [5.74, 6) is 0.752. The van der Waals surface area contributed by atoms with Gasteiger partial charge in [0, 0.05) is 33.1 Å². The average Bonchev–Trinajstić information content (AvgIpc) is 2.60. The van der Waals surface area contributed by atoms with Crippen LogP contribution in [0.2, 0.25) is 0 Å². The number of aryl methyl sites for hydroxylation is 1. The van der Waals surface area contributed by atoms with Crippen molar-refractivity contribution in [1.82, 2.24) is 10.6 Å². The Morgan fingerprint density at radius 2 is 1.89 bits per heavy atom. The van der Waals surface area contributed by atoms with Gasteiger partial charge >= 0.3 is 0 Å². The zero-order valence-electron chi connectivity index (χ0n) is 17.3. The van der Waals surface area contributed by atoms with E-state index in [1.54, 1.807) is 13.2 Å². The summed E-state index contributed by atoms with van der Waals surface area (Å²) in [5, 5.41) is 6.52. The Bertz CT molecular complexity index is 696. The van der Waals surface area contributed by atoms with Gasteiger partial charge in [-0.1, -0.05) is 12.1 Å². The van der Waals surface area contributed by atoms with E-state index in [0.29, 0.717) is 24.7 Å². The van der Waals surface area contributed by atoms with Crippen LogP contribution in [0, 0.1) is 6.92 Å². The second-order valence-corrected chi connectivity index (χ2v) is 8.29. The summed E-state index contributed by atoms with van der Waals surface area (Å²) in [6, 6.07) is 5.34. The predicted molar refractivity (Wildman–Crippen MR) is 124 cm³/mol. The molecule has 7 nitrogen and oxygen atoms in total. The van der Waals surface area contributed by atoms with Crippen LogP contribution in [0.4, 0.5) is 0 Å². The molecule has 0 amide bonds. The molecule has 0 spiro atoms. The SMILES string of the molecule is CCNC(=NCc1ccc(S(C)(=O)=O)c(C)c1)NCCCCOCCOC.I. The molecule has 9 heteroatoms. The summed E-state index contributed by atoms with van der Waals surface area (Å²) < 4.78 is 33.8. The summed E-state index contributed by atoms with van der Waals surface area (Å²) in [6.07, 6.45) is 3.19. The van der Waals surface area contributed by atoms with Crippen molar-refractivity contribution in [3.8, 4) is 0 Å². The van der Waals surface area contributed by atoms with E-state index >= 15 is 0 Å². The normalized spacial score (nSPS) is 11.8. The van der Waals surface area contributed by atoms with Crippen LogP contribution in [0.15, 0.2) is 28.1 Å². The van der Waals surface area contributed by atoms with Gasteiger partial charge in [-0.15, -0.1) is 24.0 Å². The maximum absolute atomic E-state index is 11.7. The fourth-order valence-electron chi connectivity index (χ4n) is 2.52. The molecule has 0 aromatic heterocycles. The van der Waals surface area contributed by atoms with Crippen LogP contribution >= 0.6 is 24.0 Å². The first-order valence-corrected chi connectivity index (χ1v) is 11.2. The highest BCUT2D eigenvalue weighted by atomic mass is 127. The number of methoxy groups -OCH3 is 1. The van der Waals surface area contributed by atoms with Gasteiger partial charge in [-0.25, -0.2) is 13.4 Å². The molecule has 1 rings (SSSR count). The molecule has 0 fully saturated rings. The average molecular weight is 527 g/mol. The standard InChI is InChI=1S/C19H33N3O4S.HI/c1-5-20-19(21-10-6-7-11-26-13-12-25-3)22-15-17-8-9-18(16(2)14-17)27(4,23)24;/h8-9,14H,5-7,10-13,15H2,1-4H3,(H2,20,21,22);1H. The maximum atomic E-state index is 11.7. The van der Waals surface area contributed by atoms with Crippen molar-refractivity contribution in [3.05, 3.63) is 29.3 Å². The first kappa shape index (κ1) is 27.1. The van der Waals surface area contributed by atoms with Gasteiger partial charge in [-0.2, -0.15) is 0 Å². The van der Waals surface area contributed by atoms with Crippen molar-refractivity contribution in [3.63, 3.8) is 0 Å². The van der Waals surface area contributed by atoms with E-state index < -0.39 is 9.84 Å². The number of guanidine groups is 1. The molecule has 0 heterocycles. The Labute approximate surface area is 186 Å². The minimum Gasteiger partial charge on any atom is -0.382 e. The number of hydrogen-bond acceptors (Lipinski definition) is 5. The molecular formula is C19H34IN3O4S. The number of sulfone groups is 1. The molecule has 1 aromatic rings. The van der Waals surface area contributed by atoms with Gasteiger partial charge in [0.2, 0.25) is 0 Å². The number of hydrogen-bond donors (Lipinski definition) is 2. The van der Waals surface area contributed by atoms with Gasteiger partial charge in [0.25, 0.3) is 0 Å². The molecule has 0 atom stereocenters. The van der Waals surface area contributed by atoms with Gasteiger partial charge in [-0.3, -0.25) is 0 Å². The summed E-state index contributed by atoms with van der Waals surface area (Å²) >= 11 is 0. The van der Waals surface area contributed by atoms with Crippen LogP contribution in [0.5, 0.6) is 0 Å². The van der Waals surface area contributed by atoms with Gasteiger partial charge in [0.15, 0.2) is 15.8 Å². The van der Waals surface area contributed by atoms with E-state index in [1.807, 2.05) is 26.0 Å². The molecule has 1 aromatic carbocycles. The maximum Gasteiger partial charge on any atom is 0.191 e. The van der Waals surface area contributed by atoms with Crippen LogP contribution in [-0.4, -0.2) is 60.7 Å². The Morgan fingerprint density at radius 3 is 2.50 bits per heavy atom. The number of benzene rings is 1. The first-order valence-electron chi connectivity index (χ1n) is 9.27. The molecule has 0 aliphatic heterocycles. The summed E-state index contributed by atoms with van der Waals surface area (Å²) in [6.45, 7) is 7.88. The lowest BCUT2D eigenvalue weighted by Crippen LogP contribution is -2.37. The van der Waals surface area contributed by atoms with E-state index in [2.05, 4.69) is 15.6 Å². The Balaban J connectivity index is 0.00000729. The molecule has 2 N–H and O–H groups in total. The highest BCUT2D eigenvalue weighted by Gasteiger charge is 2.10. The van der Waals surface area contributed by atoms with Crippen molar-refractivity contribution < 1.29 is 17.9 Å². The highest BCUT2D eigenvalue weighted by molar-refractivity contribution is 14.0. The first-order chi connectivity index (χ1) is 12.9. The number of halogens is 1. The third-order valence-electron chi connectivity index (χ3n) is 3.84. The van der Waals surface area contributed by atoms with Crippen molar-refractivity contribution in [2.24, 2.45) is 4.99 Å². The number of ether oxygens (including phenoxy) is 2. The third-order valence-corrected chi connectivity index (χ3v) is 5.10. The second-order valence-electron chi connectivity index (χ2n) is 6.31. The number of aliphatic imine (C=N–C) groups is 1. The smallest absolute Gasteiger partial charge is 0.191 e. The number of nitrogens with zero attached hydrogens (tertiary/aromatic N) is 1. The van der Waals surface area contributed by atoms with Gasteiger partial charge in [-0.05, 0) is 43.9 Å². The van der Waals surface area contributed by atoms with E-state index in [0.717, 1.165) is 49.6 Å². The zero-order valence-corrected chi connectivity index (χ0v) is 20.4. The van der Waals surface area contributed by atoms with Crippen molar-refractivity contribution in [2.45, 2.75) is 38.1 Å². The van der Waals surface area contributed by atoms with E-state index in [9.17, 15) is 8.42 Å². The van der Waals surface area contributed by atoms with E-state index in [-0.39, 0.29) is 24.0 Å². The Hall–Kier alpha value is -0.910. The van der Waals surface area contributed by atoms with Crippen LogP contribution in [-0.2, 0) is 25.9 Å². The summed E-state index contributed by atoms with van der Waals surface area (Å²) in [7, 11) is -1.53. The minimum atomic E-state index is -3.19. The Morgan fingerprint density at radius 1 is 1.14 bits per heavy atom. The fraction of sp³-hybridized carbons (Fsp3) is 0.632. The van der Waals surface area contributed by atoms with Crippen molar-refractivity contribution >= 4 is 39.8 Å². The third kappa shape index (κ3) is 11.2. The highest BCUT2D eigenvalue weighted by Crippen LogP contribution is 2.17. The number of unbranched alkanes of at least 4 members (excludes halogenated alkanes) is 1. The molecule has 0 saturated carbocycles.